The quantitative estimate of drug-likeness (QED) is 0.244. The van der Waals surface area contributed by atoms with Crippen molar-refractivity contribution in [1.82, 2.24) is 0 Å². The van der Waals surface area contributed by atoms with Crippen LogP contribution in [0.4, 0.5) is 0 Å². The van der Waals surface area contributed by atoms with Gasteiger partial charge in [-0.2, -0.15) is 0 Å². The lowest BCUT2D eigenvalue weighted by Crippen LogP contribution is -2.12. The predicted octanol–water partition coefficient (Wildman–Crippen LogP) is 7.74. The fourth-order valence-electron chi connectivity index (χ4n) is 4.61. The Kier molecular flexibility index (Phi) is 5.45. The number of aryl methyl sites for hydroxylation is 1. The Labute approximate surface area is 211 Å². The van der Waals surface area contributed by atoms with Crippen LogP contribution in [0.2, 0.25) is 5.02 Å². The third-order valence-corrected chi connectivity index (χ3v) is 6.58. The van der Waals surface area contributed by atoms with E-state index in [9.17, 15) is 19.8 Å². The molecule has 2 heterocycles. The topological polar surface area (TPSA) is 101 Å². The van der Waals surface area contributed by atoms with Crippen molar-refractivity contribution >= 4 is 45.3 Å². The third kappa shape index (κ3) is 3.65. The summed E-state index contributed by atoms with van der Waals surface area (Å²) in [5.41, 5.74) is 2.93. The molecule has 3 aromatic carbocycles. The smallest absolute Gasteiger partial charge is 0.372 e. The first-order valence-electron chi connectivity index (χ1n) is 11.3. The molecule has 2 N–H and O–H groups in total. The van der Waals surface area contributed by atoms with Gasteiger partial charge in [0.25, 0.3) is 0 Å². The highest BCUT2D eigenvalue weighted by Crippen LogP contribution is 2.45. The zero-order chi connectivity index (χ0) is 25.9. The number of para-hydroxylation sites is 1. The first kappa shape index (κ1) is 23.7. The van der Waals surface area contributed by atoms with Gasteiger partial charge in [-0.3, -0.25) is 4.79 Å². The van der Waals surface area contributed by atoms with Crippen LogP contribution in [0.3, 0.4) is 0 Å². The Hall–Kier alpha value is -4.03. The lowest BCUT2D eigenvalue weighted by Gasteiger charge is -2.23. The molecule has 2 aromatic heterocycles. The predicted molar refractivity (Wildman–Crippen MR) is 138 cm³/mol. The van der Waals surface area contributed by atoms with Gasteiger partial charge in [-0.05, 0) is 53.8 Å². The number of aromatic carboxylic acids is 1. The maximum atomic E-state index is 14.0. The number of hydrogen-bond donors (Lipinski definition) is 2. The molecule has 0 saturated carbocycles. The molecule has 5 rings (SSSR count). The zero-order valence-corrected chi connectivity index (χ0v) is 20.9. The van der Waals surface area contributed by atoms with Crippen LogP contribution in [0.1, 0.15) is 58.4 Å². The number of carboxylic acids is 1. The maximum absolute atomic E-state index is 14.0. The number of phenolic OH excluding ortho intramolecular Hbond substituents is 1. The molecule has 6 nitrogen and oxygen atoms in total. The second-order valence-electron chi connectivity index (χ2n) is 9.82. The highest BCUT2D eigenvalue weighted by molar-refractivity contribution is 6.31. The molecule has 7 heteroatoms. The van der Waals surface area contributed by atoms with Gasteiger partial charge in [0.05, 0.1) is 17.2 Å². The summed E-state index contributed by atoms with van der Waals surface area (Å²) < 4.78 is 11.4. The summed E-state index contributed by atoms with van der Waals surface area (Å²) in [7, 11) is 0. The van der Waals surface area contributed by atoms with E-state index >= 15 is 0 Å². The number of fused-ring (bicyclic) bond motifs is 2. The van der Waals surface area contributed by atoms with Crippen molar-refractivity contribution < 1.29 is 28.6 Å². The Morgan fingerprint density at radius 2 is 1.72 bits per heavy atom. The van der Waals surface area contributed by atoms with E-state index in [-0.39, 0.29) is 16.9 Å². The summed E-state index contributed by atoms with van der Waals surface area (Å²) in [4.78, 5) is 26.0. The van der Waals surface area contributed by atoms with Gasteiger partial charge in [0, 0.05) is 27.1 Å². The van der Waals surface area contributed by atoms with Gasteiger partial charge in [0.1, 0.15) is 16.9 Å². The molecule has 0 bridgehead atoms. The molecular formula is C29H23ClO6. The molecule has 0 unspecified atom stereocenters. The van der Waals surface area contributed by atoms with Gasteiger partial charge in [-0.15, -0.1) is 0 Å². The van der Waals surface area contributed by atoms with Crippen molar-refractivity contribution in [1.29, 1.82) is 0 Å². The van der Waals surface area contributed by atoms with Crippen LogP contribution in [0, 0.1) is 6.92 Å². The molecule has 0 atom stereocenters. The van der Waals surface area contributed by atoms with Crippen molar-refractivity contribution in [2.24, 2.45) is 0 Å². The largest absolute Gasteiger partial charge is 0.507 e. The fraction of sp³-hybridized carbons (Fsp3) is 0.172. The van der Waals surface area contributed by atoms with E-state index in [4.69, 9.17) is 20.4 Å². The van der Waals surface area contributed by atoms with E-state index < -0.39 is 22.9 Å². The van der Waals surface area contributed by atoms with Gasteiger partial charge in [0.15, 0.2) is 5.78 Å². The summed E-state index contributed by atoms with van der Waals surface area (Å²) in [6.45, 7) is 7.78. The minimum absolute atomic E-state index is 0.0386. The van der Waals surface area contributed by atoms with Crippen molar-refractivity contribution in [2.75, 3.05) is 0 Å². The van der Waals surface area contributed by atoms with E-state index in [1.54, 1.807) is 54.8 Å². The van der Waals surface area contributed by atoms with Gasteiger partial charge in [-0.25, -0.2) is 4.79 Å². The number of hydrogen-bond acceptors (Lipinski definition) is 5. The highest BCUT2D eigenvalue weighted by Gasteiger charge is 2.30. The minimum Gasteiger partial charge on any atom is -0.507 e. The van der Waals surface area contributed by atoms with Gasteiger partial charge < -0.3 is 19.0 Å². The van der Waals surface area contributed by atoms with Crippen LogP contribution < -0.4 is 0 Å². The lowest BCUT2D eigenvalue weighted by atomic mass is 9.82. The van der Waals surface area contributed by atoms with Crippen LogP contribution in [-0.2, 0) is 5.41 Å². The van der Waals surface area contributed by atoms with Crippen LogP contribution in [0.25, 0.3) is 33.1 Å². The van der Waals surface area contributed by atoms with Gasteiger partial charge >= 0.3 is 5.97 Å². The van der Waals surface area contributed by atoms with Gasteiger partial charge in [-0.1, -0.05) is 50.6 Å². The Morgan fingerprint density at radius 1 is 1.00 bits per heavy atom. The molecule has 0 saturated heterocycles. The van der Waals surface area contributed by atoms with E-state index in [1.807, 2.05) is 27.7 Å². The Morgan fingerprint density at radius 3 is 2.42 bits per heavy atom. The second-order valence-corrected chi connectivity index (χ2v) is 10.3. The van der Waals surface area contributed by atoms with Crippen LogP contribution >= 0.6 is 11.6 Å². The Bertz CT molecular complexity index is 1700. The molecule has 0 fully saturated rings. The lowest BCUT2D eigenvalue weighted by molar-refractivity contribution is 0.0660. The van der Waals surface area contributed by atoms with E-state index in [1.165, 1.54) is 0 Å². The number of ketones is 1. The monoisotopic (exact) mass is 502 g/mol. The molecule has 0 spiro atoms. The van der Waals surface area contributed by atoms with Crippen LogP contribution in [0.15, 0.2) is 63.6 Å². The summed E-state index contributed by atoms with van der Waals surface area (Å²) in [5.74, 6) is -2.17. The van der Waals surface area contributed by atoms with Crippen LogP contribution in [-0.4, -0.2) is 22.0 Å². The maximum Gasteiger partial charge on any atom is 0.372 e. The molecule has 0 aliphatic heterocycles. The number of aromatic hydroxyl groups is 1. The number of carbonyl (C=O) groups is 2. The molecule has 0 radical (unpaired) electrons. The number of benzene rings is 3. The van der Waals surface area contributed by atoms with Crippen molar-refractivity contribution in [2.45, 2.75) is 33.1 Å². The number of phenols is 1. The highest BCUT2D eigenvalue weighted by atomic mass is 35.5. The van der Waals surface area contributed by atoms with E-state index in [2.05, 4.69) is 0 Å². The first-order valence-corrected chi connectivity index (χ1v) is 11.7. The van der Waals surface area contributed by atoms with Gasteiger partial charge in [0.2, 0.25) is 5.76 Å². The fourth-order valence-corrected chi connectivity index (χ4v) is 4.79. The number of carboxylic acid groups (broad SMARTS) is 1. The molecule has 36 heavy (non-hydrogen) atoms. The standard InChI is InChI=1S/C29H23ClO6/c1-14-13-35-26-19(12-20(29(2,3)4)25(32)22(14)26)18-11-15(30)9-10-16(18)24(31)23-17-7-5-6-8-21(17)36-27(23)28(33)34/h5-13,32H,1-4H3,(H,33,34). The first-order chi connectivity index (χ1) is 17.0. The number of carbonyl (C=O) groups excluding carboxylic acids is 1. The normalized spacial score (nSPS) is 11.9. The average molecular weight is 503 g/mol. The number of rotatable bonds is 4. The molecular weight excluding hydrogens is 480 g/mol. The number of furan rings is 2. The van der Waals surface area contributed by atoms with Crippen LogP contribution in [0.5, 0.6) is 5.75 Å². The van der Waals surface area contributed by atoms with E-state index in [0.717, 1.165) is 5.56 Å². The van der Waals surface area contributed by atoms with Crippen molar-refractivity contribution in [3.8, 4) is 16.9 Å². The molecule has 0 aliphatic carbocycles. The summed E-state index contributed by atoms with van der Waals surface area (Å²) in [6, 6.07) is 13.3. The minimum atomic E-state index is -1.34. The summed E-state index contributed by atoms with van der Waals surface area (Å²) in [6.07, 6.45) is 1.55. The average Bonchev–Trinajstić information content (AvgIpc) is 3.40. The zero-order valence-electron chi connectivity index (χ0n) is 20.1. The Balaban J connectivity index is 1.84. The number of halogens is 1. The summed E-state index contributed by atoms with van der Waals surface area (Å²) >= 11 is 6.39. The van der Waals surface area contributed by atoms with Crippen molar-refractivity contribution in [3.63, 3.8) is 0 Å². The molecule has 0 aliphatic rings. The van der Waals surface area contributed by atoms with Crippen molar-refractivity contribution in [3.05, 3.63) is 87.8 Å². The SMILES string of the molecule is Cc1coc2c(-c3cc(Cl)ccc3C(=O)c3c(C(=O)O)oc4ccccc34)cc(C(C)(C)C)c(O)c12. The molecule has 182 valence electrons. The molecule has 0 amide bonds. The summed E-state index contributed by atoms with van der Waals surface area (Å²) in [5, 5.41) is 22.2. The third-order valence-electron chi connectivity index (χ3n) is 6.34. The molecule has 5 aromatic rings. The van der Waals surface area contributed by atoms with E-state index in [0.29, 0.717) is 43.7 Å². The second kappa shape index (κ2) is 8.28.